The lowest BCUT2D eigenvalue weighted by molar-refractivity contribution is -0.134. The number of carbonyl (C=O) groups excluding carboxylic acids is 3. The maximum Gasteiger partial charge on any atom is 0.418 e. The van der Waals surface area contributed by atoms with Crippen molar-refractivity contribution in [3.8, 4) is 5.75 Å². The number of ether oxygens (including phenoxy) is 2. The summed E-state index contributed by atoms with van der Waals surface area (Å²) in [4.78, 5) is 43.8. The number of hydrogen-bond acceptors (Lipinski definition) is 6. The molecule has 1 N–H and O–H groups in total. The molecule has 6 aromatic carbocycles. The Morgan fingerprint density at radius 1 is 0.689 bits per heavy atom. The molecule has 0 spiro atoms. The highest BCUT2D eigenvalue weighted by atomic mass is 28.4. The first-order valence-electron chi connectivity index (χ1n) is 20.9. The van der Waals surface area contributed by atoms with E-state index in [0.717, 1.165) is 32.6 Å². The van der Waals surface area contributed by atoms with Crippen molar-refractivity contribution in [2.75, 3.05) is 6.54 Å². The van der Waals surface area contributed by atoms with Crippen molar-refractivity contribution in [1.29, 1.82) is 0 Å². The van der Waals surface area contributed by atoms with E-state index in [4.69, 9.17) is 13.9 Å². The third-order valence-corrected chi connectivity index (χ3v) is 16.5. The van der Waals surface area contributed by atoms with E-state index in [0.29, 0.717) is 5.75 Å². The molecule has 1 aliphatic rings. The molecule has 0 radical (unpaired) electrons. The molecule has 1 saturated heterocycles. The maximum atomic E-state index is 15.1. The summed E-state index contributed by atoms with van der Waals surface area (Å²) in [6.07, 6.45) is -1.18. The molecule has 0 aliphatic carbocycles. The van der Waals surface area contributed by atoms with Crippen LogP contribution in [0.2, 0.25) is 5.04 Å². The highest BCUT2D eigenvalue weighted by Gasteiger charge is 2.60. The number of nitrogens with zero attached hydrogens (tertiary/aromatic N) is 1. The van der Waals surface area contributed by atoms with Gasteiger partial charge in [0.05, 0.1) is 12.0 Å². The Kier molecular flexibility index (Phi) is 12.9. The number of cyclic esters (lactones) is 1. The highest BCUT2D eigenvalue weighted by Crippen LogP contribution is 2.48. The summed E-state index contributed by atoms with van der Waals surface area (Å²) in [5.41, 5.74) is 1.93. The van der Waals surface area contributed by atoms with Gasteiger partial charge in [-0.25, -0.2) is 14.5 Å². The summed E-state index contributed by atoms with van der Waals surface area (Å²) in [5, 5.41) is 4.92. The lowest BCUT2D eigenvalue weighted by atomic mass is 9.75. The Balaban J connectivity index is 1.21. The SMILES string of the molecule is CC(C)[C@H]1N(C(=O)[C@H](CNC(=O)OCc2ccccc2)Cc2ccc(O[Si](c3ccccc3)(c3ccccc3)C(C)(C)C)cc2)C(=O)OC1(c1ccccc1)c1ccccc1. The molecule has 8 nitrogen and oxygen atoms in total. The molecule has 1 fully saturated rings. The fraction of sp³-hybridized carbons (Fsp3) is 0.250. The van der Waals surface area contributed by atoms with Crippen molar-refractivity contribution >= 4 is 36.8 Å². The van der Waals surface area contributed by atoms with Crippen LogP contribution in [0.3, 0.4) is 0 Å². The van der Waals surface area contributed by atoms with Crippen molar-refractivity contribution in [3.63, 3.8) is 0 Å². The Morgan fingerprint density at radius 3 is 1.64 bits per heavy atom. The van der Waals surface area contributed by atoms with Crippen molar-refractivity contribution in [3.05, 3.63) is 198 Å². The molecular formula is C52H54N2O6Si. The smallest absolute Gasteiger partial charge is 0.418 e. The molecule has 0 bridgehead atoms. The molecule has 6 aromatic rings. The van der Waals surface area contributed by atoms with Gasteiger partial charge in [-0.05, 0) is 51.0 Å². The molecule has 0 aromatic heterocycles. The summed E-state index contributed by atoms with van der Waals surface area (Å²) in [6.45, 7) is 10.7. The monoisotopic (exact) mass is 830 g/mol. The summed E-state index contributed by atoms with van der Waals surface area (Å²) >= 11 is 0. The summed E-state index contributed by atoms with van der Waals surface area (Å²) in [5.74, 6) is -0.808. The van der Waals surface area contributed by atoms with Gasteiger partial charge in [0.1, 0.15) is 12.4 Å². The van der Waals surface area contributed by atoms with Gasteiger partial charge in [0.2, 0.25) is 5.91 Å². The first-order valence-corrected chi connectivity index (χ1v) is 22.9. The van der Waals surface area contributed by atoms with Gasteiger partial charge in [0, 0.05) is 17.7 Å². The van der Waals surface area contributed by atoms with Crippen LogP contribution in [0.15, 0.2) is 176 Å². The van der Waals surface area contributed by atoms with E-state index in [9.17, 15) is 9.59 Å². The number of rotatable bonds is 14. The van der Waals surface area contributed by atoms with Crippen LogP contribution < -0.4 is 20.1 Å². The second-order valence-corrected chi connectivity index (χ2v) is 21.2. The third kappa shape index (κ3) is 8.88. The number of nitrogens with one attached hydrogen (secondary N) is 1. The van der Waals surface area contributed by atoms with Crippen molar-refractivity contribution < 1.29 is 28.3 Å². The molecule has 0 saturated carbocycles. The van der Waals surface area contributed by atoms with E-state index in [1.54, 1.807) is 0 Å². The minimum atomic E-state index is -2.90. The third-order valence-electron chi connectivity index (χ3n) is 11.6. The van der Waals surface area contributed by atoms with Crippen LogP contribution in [0.1, 0.15) is 56.9 Å². The molecule has 312 valence electrons. The Labute approximate surface area is 360 Å². The van der Waals surface area contributed by atoms with E-state index in [1.807, 2.05) is 141 Å². The van der Waals surface area contributed by atoms with Gasteiger partial charge in [0.15, 0.2) is 5.60 Å². The minimum Gasteiger partial charge on any atom is -0.534 e. The zero-order valence-electron chi connectivity index (χ0n) is 35.5. The molecule has 3 amide bonds. The normalized spacial score (nSPS) is 15.5. The van der Waals surface area contributed by atoms with E-state index < -0.39 is 44.0 Å². The van der Waals surface area contributed by atoms with Crippen LogP contribution in [0.25, 0.3) is 0 Å². The van der Waals surface area contributed by atoms with Crippen molar-refractivity contribution in [2.45, 2.75) is 64.3 Å². The van der Waals surface area contributed by atoms with E-state index in [2.05, 4.69) is 74.6 Å². The van der Waals surface area contributed by atoms with E-state index >= 15 is 4.79 Å². The predicted molar refractivity (Wildman–Crippen MR) is 242 cm³/mol. The molecule has 0 unspecified atom stereocenters. The number of imide groups is 1. The molecular weight excluding hydrogens is 777 g/mol. The molecule has 7 rings (SSSR count). The molecule has 1 heterocycles. The summed E-state index contributed by atoms with van der Waals surface area (Å²) in [7, 11) is -2.90. The number of hydrogen-bond donors (Lipinski definition) is 1. The number of amides is 3. The summed E-state index contributed by atoms with van der Waals surface area (Å²) in [6, 6.07) is 56.6. The Hall–Kier alpha value is -6.45. The van der Waals surface area contributed by atoms with Gasteiger partial charge >= 0.3 is 20.5 Å². The fourth-order valence-electron chi connectivity index (χ4n) is 8.76. The minimum absolute atomic E-state index is 0.0721. The number of carbonyl (C=O) groups is 3. The number of alkyl carbamates (subject to hydrolysis) is 1. The summed E-state index contributed by atoms with van der Waals surface area (Å²) < 4.78 is 19.3. The van der Waals surface area contributed by atoms with Crippen molar-refractivity contribution in [2.24, 2.45) is 11.8 Å². The lowest BCUT2D eigenvalue weighted by Gasteiger charge is -2.43. The van der Waals surface area contributed by atoms with Gasteiger partial charge in [-0.2, -0.15) is 0 Å². The van der Waals surface area contributed by atoms with Gasteiger partial charge < -0.3 is 19.2 Å². The fourth-order valence-corrected chi connectivity index (χ4v) is 13.2. The van der Waals surface area contributed by atoms with Gasteiger partial charge in [0.25, 0.3) is 0 Å². The second kappa shape index (κ2) is 18.4. The maximum absolute atomic E-state index is 15.1. The largest absolute Gasteiger partial charge is 0.534 e. The number of benzene rings is 6. The van der Waals surface area contributed by atoms with Crippen LogP contribution in [0.4, 0.5) is 9.59 Å². The topological polar surface area (TPSA) is 94.2 Å². The molecule has 9 heteroatoms. The molecule has 61 heavy (non-hydrogen) atoms. The van der Waals surface area contributed by atoms with E-state index in [1.165, 1.54) is 4.90 Å². The Morgan fingerprint density at radius 2 is 1.16 bits per heavy atom. The van der Waals surface area contributed by atoms with Gasteiger partial charge in [-0.15, -0.1) is 0 Å². The second-order valence-electron chi connectivity index (χ2n) is 17.0. The van der Waals surface area contributed by atoms with Crippen LogP contribution in [-0.4, -0.2) is 43.9 Å². The van der Waals surface area contributed by atoms with Gasteiger partial charge in [-0.3, -0.25) is 4.79 Å². The predicted octanol–water partition coefficient (Wildman–Crippen LogP) is 9.66. The average Bonchev–Trinajstić information content (AvgIpc) is 3.61. The lowest BCUT2D eigenvalue weighted by Crippen LogP contribution is -2.68. The van der Waals surface area contributed by atoms with Crippen LogP contribution in [0.5, 0.6) is 5.75 Å². The van der Waals surface area contributed by atoms with Crippen LogP contribution in [-0.2, 0) is 32.9 Å². The first-order chi connectivity index (χ1) is 29.4. The van der Waals surface area contributed by atoms with Gasteiger partial charge in [-0.1, -0.05) is 198 Å². The van der Waals surface area contributed by atoms with Crippen molar-refractivity contribution in [1.82, 2.24) is 10.2 Å². The van der Waals surface area contributed by atoms with Crippen LogP contribution in [0, 0.1) is 11.8 Å². The Bertz CT molecular complexity index is 2290. The first kappa shape index (κ1) is 42.7. The molecule has 1 aliphatic heterocycles. The van der Waals surface area contributed by atoms with E-state index in [-0.39, 0.29) is 30.5 Å². The standard InChI is InChI=1S/C52H54N2O6Si/c1-38(2)47-52(42-23-13-7-14-24-42,43-25-15-8-16-26-43)59-50(57)54(47)48(55)41(36-53-49(56)58-37-40-21-11-6-12-22-40)35-39-31-33-44(34-32-39)60-61(51(3,4)5,45-27-17-9-18-28-45)46-29-19-10-20-30-46/h6-34,38,41,47H,35-37H2,1-5H3,(H,53,56)/t41-,47+/m0/s1. The van der Waals surface area contributed by atoms with Crippen LogP contribution >= 0.6 is 0 Å². The quantitative estimate of drug-likeness (QED) is 0.110. The average molecular weight is 831 g/mol. The highest BCUT2D eigenvalue weighted by molar-refractivity contribution is 7.00. The molecule has 2 atom stereocenters. The zero-order chi connectivity index (χ0) is 43.0. The zero-order valence-corrected chi connectivity index (χ0v) is 36.5.